The predicted octanol–water partition coefficient (Wildman–Crippen LogP) is 5.08. The van der Waals surface area contributed by atoms with Gasteiger partial charge < -0.3 is 8.83 Å². The molecule has 6 heterocycles. The summed E-state index contributed by atoms with van der Waals surface area (Å²) in [6, 6.07) is 13.5. The second-order valence-corrected chi connectivity index (χ2v) is 8.28. The Labute approximate surface area is 224 Å². The number of pyridine rings is 4. The van der Waals surface area contributed by atoms with Crippen LogP contribution in [0.2, 0.25) is 10.7 Å². The van der Waals surface area contributed by atoms with Crippen LogP contribution in [0.25, 0.3) is 34.0 Å². The van der Waals surface area contributed by atoms with E-state index in [1.165, 1.54) is 33.7 Å². The van der Waals surface area contributed by atoms with Crippen LogP contribution in [0.15, 0.2) is 117 Å². The number of rotatable bonds is 4. The minimum atomic E-state index is -0.128. The Morgan fingerprint density at radius 3 is 1.42 bits per heavy atom. The van der Waals surface area contributed by atoms with Gasteiger partial charge >= 0.3 is 0 Å². The normalized spacial score (nSPS) is 10.6. The summed E-state index contributed by atoms with van der Waals surface area (Å²) in [5.41, 5.74) is 2.45. The van der Waals surface area contributed by atoms with Gasteiger partial charge in [-0.25, -0.2) is 9.97 Å². The number of aromatic nitrogens is 6. The fourth-order valence-electron chi connectivity index (χ4n) is 3.44. The van der Waals surface area contributed by atoms with Crippen molar-refractivity contribution in [3.8, 4) is 34.0 Å². The third-order valence-electron chi connectivity index (χ3n) is 5.17. The van der Waals surface area contributed by atoms with Crippen LogP contribution in [0.5, 0.6) is 0 Å². The van der Waals surface area contributed by atoms with Crippen molar-refractivity contribution in [2.75, 3.05) is 0 Å². The summed E-state index contributed by atoms with van der Waals surface area (Å²) in [4.78, 5) is 39.3. The van der Waals surface area contributed by atoms with Crippen molar-refractivity contribution in [2.24, 2.45) is 0 Å². The molecule has 10 nitrogen and oxygen atoms in total. The number of hydrogen-bond donors (Lipinski definition) is 0. The van der Waals surface area contributed by atoms with Crippen LogP contribution in [0, 0.1) is 0 Å². The van der Waals surface area contributed by atoms with Crippen molar-refractivity contribution in [2.45, 2.75) is 0 Å². The number of halogens is 2. The largest absolute Gasteiger partial charge is 0.428 e. The molecule has 6 aromatic rings. The van der Waals surface area contributed by atoms with Gasteiger partial charge in [-0.2, -0.15) is 0 Å². The van der Waals surface area contributed by atoms with Gasteiger partial charge in [0.1, 0.15) is 0 Å². The first-order chi connectivity index (χ1) is 18.5. The first-order valence-electron chi connectivity index (χ1n) is 11.0. The molecule has 12 heteroatoms. The van der Waals surface area contributed by atoms with E-state index in [-0.39, 0.29) is 21.8 Å². The topological polar surface area (TPSA) is 122 Å². The highest BCUT2D eigenvalue weighted by Gasteiger charge is 2.08. The smallest absolute Gasteiger partial charge is 0.292 e. The molecular weight excluding hydrogens is 531 g/mol. The predicted molar refractivity (Wildman–Crippen MR) is 141 cm³/mol. The van der Waals surface area contributed by atoms with E-state index in [1.54, 1.807) is 73.6 Å². The molecule has 38 heavy (non-hydrogen) atoms. The molecule has 6 aromatic heterocycles. The van der Waals surface area contributed by atoms with Gasteiger partial charge in [0, 0.05) is 48.0 Å². The first kappa shape index (κ1) is 24.9. The molecule has 0 fully saturated rings. The SMILES string of the molecule is O=c1ccccn1-c1cncc(-c2cnc(Cl)o2)c1.O=c1ccccn1-c1cncc(-c2cnc(Cl)o2)c1. The molecule has 0 unspecified atom stereocenters. The van der Waals surface area contributed by atoms with Gasteiger partial charge in [0.25, 0.3) is 21.8 Å². The van der Waals surface area contributed by atoms with E-state index in [0.29, 0.717) is 34.0 Å². The molecule has 0 atom stereocenters. The second-order valence-electron chi connectivity index (χ2n) is 7.64. The molecule has 6 rings (SSSR count). The third kappa shape index (κ3) is 5.61. The number of nitrogens with zero attached hydrogens (tertiary/aromatic N) is 6. The Bertz CT molecular complexity index is 1690. The van der Waals surface area contributed by atoms with Crippen LogP contribution in [0.3, 0.4) is 0 Å². The molecule has 188 valence electrons. The molecule has 0 aliphatic rings. The molecule has 0 aromatic carbocycles. The zero-order valence-corrected chi connectivity index (χ0v) is 20.8. The van der Waals surface area contributed by atoms with E-state index in [2.05, 4.69) is 19.9 Å². The highest BCUT2D eigenvalue weighted by Crippen LogP contribution is 2.24. The summed E-state index contributed by atoms with van der Waals surface area (Å²) in [5.74, 6) is 1.01. The highest BCUT2D eigenvalue weighted by atomic mass is 35.5. The Morgan fingerprint density at radius 2 is 1.05 bits per heavy atom. The molecule has 0 saturated heterocycles. The van der Waals surface area contributed by atoms with Gasteiger partial charge in [-0.3, -0.25) is 28.7 Å². The van der Waals surface area contributed by atoms with E-state index in [1.807, 2.05) is 0 Å². The summed E-state index contributed by atoms with van der Waals surface area (Å²) in [6.07, 6.45) is 12.8. The summed E-state index contributed by atoms with van der Waals surface area (Å²) in [7, 11) is 0. The first-order valence-corrected chi connectivity index (χ1v) is 11.7. The zero-order valence-electron chi connectivity index (χ0n) is 19.3. The average Bonchev–Trinajstić information content (AvgIpc) is 3.58. The summed E-state index contributed by atoms with van der Waals surface area (Å²) in [6.45, 7) is 0. The van der Waals surface area contributed by atoms with Crippen molar-refractivity contribution < 1.29 is 8.83 Å². The molecular formula is C26H16Cl2N6O4. The van der Waals surface area contributed by atoms with Gasteiger partial charge in [-0.15, -0.1) is 0 Å². The monoisotopic (exact) mass is 546 g/mol. The fraction of sp³-hybridized carbons (Fsp3) is 0. The van der Waals surface area contributed by atoms with Crippen LogP contribution < -0.4 is 11.1 Å². The Hall–Kier alpha value is -4.80. The van der Waals surface area contributed by atoms with E-state index in [0.717, 1.165) is 0 Å². The van der Waals surface area contributed by atoms with E-state index in [9.17, 15) is 9.59 Å². The van der Waals surface area contributed by atoms with Crippen molar-refractivity contribution in [1.29, 1.82) is 0 Å². The lowest BCUT2D eigenvalue weighted by molar-refractivity contribution is 0.573. The van der Waals surface area contributed by atoms with Crippen molar-refractivity contribution in [3.05, 3.63) is 130 Å². The summed E-state index contributed by atoms with van der Waals surface area (Å²) < 4.78 is 13.4. The molecule has 0 saturated carbocycles. The summed E-state index contributed by atoms with van der Waals surface area (Å²) in [5, 5.41) is 0.134. The molecule has 0 aliphatic heterocycles. The molecule has 0 bridgehead atoms. The Kier molecular flexibility index (Phi) is 7.25. The Morgan fingerprint density at radius 1 is 0.605 bits per heavy atom. The maximum Gasteiger partial charge on any atom is 0.292 e. The number of oxazole rings is 2. The second kappa shape index (κ2) is 11.1. The Balaban J connectivity index is 0.000000155. The van der Waals surface area contributed by atoms with Crippen LogP contribution in [-0.2, 0) is 0 Å². The third-order valence-corrected chi connectivity index (χ3v) is 5.52. The number of hydrogen-bond acceptors (Lipinski definition) is 8. The zero-order chi connectivity index (χ0) is 26.5. The highest BCUT2D eigenvalue weighted by molar-refractivity contribution is 6.28. The molecule has 0 spiro atoms. The van der Waals surface area contributed by atoms with Crippen LogP contribution >= 0.6 is 23.2 Å². The van der Waals surface area contributed by atoms with Gasteiger partial charge in [0.15, 0.2) is 11.5 Å². The average molecular weight is 547 g/mol. The lowest BCUT2D eigenvalue weighted by Crippen LogP contribution is -2.15. The lowest BCUT2D eigenvalue weighted by atomic mass is 10.2. The van der Waals surface area contributed by atoms with E-state index < -0.39 is 0 Å². The molecule has 0 amide bonds. The standard InChI is InChI=1S/2C13H8ClN3O2/c2*14-13-16-8-11(19-13)9-5-10(7-15-6-9)17-4-2-1-3-12(17)18/h2*1-8H. The van der Waals surface area contributed by atoms with Crippen molar-refractivity contribution in [3.63, 3.8) is 0 Å². The minimum Gasteiger partial charge on any atom is -0.428 e. The van der Waals surface area contributed by atoms with Crippen LogP contribution in [-0.4, -0.2) is 29.1 Å². The van der Waals surface area contributed by atoms with Gasteiger partial charge in [0.05, 0.1) is 36.2 Å². The van der Waals surface area contributed by atoms with Gasteiger partial charge in [-0.1, -0.05) is 12.1 Å². The lowest BCUT2D eigenvalue weighted by Gasteiger charge is -2.05. The van der Waals surface area contributed by atoms with Crippen molar-refractivity contribution in [1.82, 2.24) is 29.1 Å². The molecule has 0 N–H and O–H groups in total. The fourth-order valence-corrected chi connectivity index (χ4v) is 3.71. The van der Waals surface area contributed by atoms with Crippen molar-refractivity contribution >= 4 is 23.2 Å². The van der Waals surface area contributed by atoms with Crippen LogP contribution in [0.1, 0.15) is 0 Å². The van der Waals surface area contributed by atoms with Gasteiger partial charge in [0.2, 0.25) is 0 Å². The van der Waals surface area contributed by atoms with Crippen LogP contribution in [0.4, 0.5) is 0 Å². The van der Waals surface area contributed by atoms with Gasteiger partial charge in [-0.05, 0) is 47.5 Å². The maximum atomic E-state index is 11.7. The van der Waals surface area contributed by atoms with E-state index >= 15 is 0 Å². The molecule has 0 aliphatic carbocycles. The van der Waals surface area contributed by atoms with E-state index in [4.69, 9.17) is 32.0 Å². The summed E-state index contributed by atoms with van der Waals surface area (Å²) >= 11 is 11.3. The maximum absolute atomic E-state index is 11.7. The molecule has 0 radical (unpaired) electrons. The minimum absolute atomic E-state index is 0.0669. The quantitative estimate of drug-likeness (QED) is 0.300.